The van der Waals surface area contributed by atoms with Gasteiger partial charge in [0.1, 0.15) is 5.75 Å². The lowest BCUT2D eigenvalue weighted by atomic mass is 10.0. The van der Waals surface area contributed by atoms with Crippen molar-refractivity contribution in [2.45, 2.75) is 27.2 Å². The molecule has 0 spiro atoms. The van der Waals surface area contributed by atoms with Crippen molar-refractivity contribution in [3.63, 3.8) is 0 Å². The molecule has 0 bridgehead atoms. The first kappa shape index (κ1) is 12.7. The van der Waals surface area contributed by atoms with Crippen LogP contribution in [0.2, 0.25) is 0 Å². The van der Waals surface area contributed by atoms with Gasteiger partial charge in [0.05, 0.1) is 5.56 Å². The largest absolute Gasteiger partial charge is 0.796 e. The maximum Gasteiger partial charge on any atom is 0.796 e. The van der Waals surface area contributed by atoms with Gasteiger partial charge in [-0.25, -0.2) is 8.63 Å². The van der Waals surface area contributed by atoms with E-state index in [2.05, 4.69) is 4.65 Å². The molecule has 86 valence electrons. The highest BCUT2D eigenvalue weighted by Gasteiger charge is 2.22. The first-order chi connectivity index (χ1) is 7.45. The lowest BCUT2D eigenvalue weighted by molar-refractivity contribution is 0.0986. The maximum atomic E-state index is 12.2. The Kier molecular flexibility index (Phi) is 4.04. The van der Waals surface area contributed by atoms with Crippen LogP contribution in [0, 0.1) is 13.8 Å². The average Bonchev–Trinajstić information content (AvgIpc) is 2.21. The highest BCUT2D eigenvalue weighted by molar-refractivity contribution is 6.35. The van der Waals surface area contributed by atoms with E-state index in [0.29, 0.717) is 0 Å². The van der Waals surface area contributed by atoms with Crippen molar-refractivity contribution in [2.24, 2.45) is 0 Å². The van der Waals surface area contributed by atoms with Crippen molar-refractivity contribution < 1.29 is 18.1 Å². The van der Waals surface area contributed by atoms with Crippen LogP contribution in [0.25, 0.3) is 0 Å². The van der Waals surface area contributed by atoms with Gasteiger partial charge in [0, 0.05) is 6.42 Å². The summed E-state index contributed by atoms with van der Waals surface area (Å²) in [5, 5.41) is 0. The summed E-state index contributed by atoms with van der Waals surface area (Å²) in [6.45, 7) is 5.30. The molecule has 16 heavy (non-hydrogen) atoms. The fourth-order valence-electron chi connectivity index (χ4n) is 1.39. The second-order valence-corrected chi connectivity index (χ2v) is 3.59. The zero-order chi connectivity index (χ0) is 12.3. The van der Waals surface area contributed by atoms with E-state index in [1.165, 1.54) is 6.07 Å². The standard InChI is InChI=1S/C11H13BF2O2/c1-4-10(15)9-5-7(2)8(3)6-11(9)16-12(13)14/h5-6H,4H2,1-3H3. The summed E-state index contributed by atoms with van der Waals surface area (Å²) >= 11 is 0. The van der Waals surface area contributed by atoms with E-state index in [0.717, 1.165) is 11.1 Å². The Morgan fingerprint density at radius 3 is 2.38 bits per heavy atom. The molecule has 0 saturated carbocycles. The number of benzene rings is 1. The molecular weight excluding hydrogens is 213 g/mol. The predicted octanol–water partition coefficient (Wildman–Crippen LogP) is 3.20. The van der Waals surface area contributed by atoms with Gasteiger partial charge in [0.15, 0.2) is 5.78 Å². The molecule has 0 aliphatic rings. The van der Waals surface area contributed by atoms with Crippen LogP contribution in [0.4, 0.5) is 8.63 Å². The van der Waals surface area contributed by atoms with Crippen LogP contribution in [0.5, 0.6) is 5.75 Å². The van der Waals surface area contributed by atoms with Gasteiger partial charge < -0.3 is 4.65 Å². The lowest BCUT2D eigenvalue weighted by Gasteiger charge is -2.11. The van der Waals surface area contributed by atoms with E-state index in [1.54, 1.807) is 19.9 Å². The second-order valence-electron chi connectivity index (χ2n) is 3.59. The van der Waals surface area contributed by atoms with Crippen LogP contribution in [0.1, 0.15) is 34.8 Å². The number of hydrogen-bond donors (Lipinski definition) is 0. The first-order valence-corrected chi connectivity index (χ1v) is 5.05. The normalized spacial score (nSPS) is 10.1. The van der Waals surface area contributed by atoms with Gasteiger partial charge in [0.25, 0.3) is 0 Å². The van der Waals surface area contributed by atoms with Gasteiger partial charge >= 0.3 is 7.47 Å². The number of carbonyl (C=O) groups excluding carboxylic acids is 1. The van der Waals surface area contributed by atoms with Crippen LogP contribution in [-0.2, 0) is 0 Å². The molecule has 5 heteroatoms. The summed E-state index contributed by atoms with van der Waals surface area (Å²) < 4.78 is 28.7. The van der Waals surface area contributed by atoms with Crippen LogP contribution in [0.3, 0.4) is 0 Å². The number of ketones is 1. The summed E-state index contributed by atoms with van der Waals surface area (Å²) in [7, 11) is -2.91. The minimum Gasteiger partial charge on any atom is -0.505 e. The zero-order valence-corrected chi connectivity index (χ0v) is 9.51. The summed E-state index contributed by atoms with van der Waals surface area (Å²) in [5.41, 5.74) is 1.94. The minimum absolute atomic E-state index is 0.0371. The third-order valence-corrected chi connectivity index (χ3v) is 2.43. The Morgan fingerprint density at radius 2 is 1.88 bits per heavy atom. The van der Waals surface area contributed by atoms with Crippen molar-refractivity contribution in [3.05, 3.63) is 28.8 Å². The summed E-state index contributed by atoms with van der Waals surface area (Å²) in [5.74, 6) is -0.233. The monoisotopic (exact) mass is 226 g/mol. The van der Waals surface area contributed by atoms with Gasteiger partial charge in [-0.2, -0.15) is 0 Å². The number of Topliss-reactive ketones (excluding diaryl/α,β-unsaturated/α-hetero) is 1. The second kappa shape index (κ2) is 5.10. The van der Waals surface area contributed by atoms with E-state index >= 15 is 0 Å². The molecular formula is C11H13BF2O2. The maximum absolute atomic E-state index is 12.2. The molecule has 1 aromatic carbocycles. The Bertz CT molecular complexity index is 405. The Labute approximate surface area is 93.8 Å². The van der Waals surface area contributed by atoms with Crippen LogP contribution >= 0.6 is 0 Å². The lowest BCUT2D eigenvalue weighted by Crippen LogP contribution is -2.12. The van der Waals surface area contributed by atoms with Crippen molar-refractivity contribution in [1.29, 1.82) is 0 Å². The third kappa shape index (κ3) is 2.81. The molecule has 1 rings (SSSR count). The van der Waals surface area contributed by atoms with Crippen LogP contribution in [-0.4, -0.2) is 13.3 Å². The summed E-state index contributed by atoms with van der Waals surface area (Å²) in [6.07, 6.45) is 0.266. The molecule has 0 aliphatic carbocycles. The number of halogens is 2. The Morgan fingerprint density at radius 1 is 1.31 bits per heavy atom. The van der Waals surface area contributed by atoms with E-state index in [9.17, 15) is 13.4 Å². The Hall–Kier alpha value is -1.39. The van der Waals surface area contributed by atoms with Gasteiger partial charge in [-0.3, -0.25) is 4.79 Å². The number of rotatable bonds is 4. The number of aryl methyl sites for hydroxylation is 2. The molecule has 0 atom stereocenters. The molecule has 1 aromatic rings. The van der Waals surface area contributed by atoms with Gasteiger partial charge in [-0.15, -0.1) is 0 Å². The summed E-state index contributed by atoms with van der Waals surface area (Å²) in [6, 6.07) is 3.07. The van der Waals surface area contributed by atoms with E-state index in [1.807, 2.05) is 6.92 Å². The molecule has 0 N–H and O–H groups in total. The fraction of sp³-hybridized carbons (Fsp3) is 0.364. The highest BCUT2D eigenvalue weighted by atomic mass is 19.2. The SMILES string of the molecule is CCC(=O)c1cc(C)c(C)cc1OB(F)F. The smallest absolute Gasteiger partial charge is 0.505 e. The van der Waals surface area contributed by atoms with Crippen molar-refractivity contribution in [1.82, 2.24) is 0 Å². The molecule has 0 radical (unpaired) electrons. The van der Waals surface area contributed by atoms with Gasteiger partial charge in [-0.05, 0) is 37.1 Å². The van der Waals surface area contributed by atoms with E-state index in [-0.39, 0.29) is 23.5 Å². The molecule has 0 saturated heterocycles. The van der Waals surface area contributed by atoms with E-state index in [4.69, 9.17) is 0 Å². The minimum atomic E-state index is -2.91. The van der Waals surface area contributed by atoms with Crippen molar-refractivity contribution in [3.8, 4) is 5.75 Å². The average molecular weight is 226 g/mol. The molecule has 0 unspecified atom stereocenters. The quantitative estimate of drug-likeness (QED) is 0.582. The molecule has 0 fully saturated rings. The van der Waals surface area contributed by atoms with Crippen LogP contribution < -0.4 is 4.65 Å². The third-order valence-electron chi connectivity index (χ3n) is 2.43. The van der Waals surface area contributed by atoms with Crippen LogP contribution in [0.15, 0.2) is 12.1 Å². The fourth-order valence-corrected chi connectivity index (χ4v) is 1.39. The highest BCUT2D eigenvalue weighted by Crippen LogP contribution is 2.25. The predicted molar refractivity (Wildman–Crippen MR) is 59.1 cm³/mol. The summed E-state index contributed by atoms with van der Waals surface area (Å²) in [4.78, 5) is 11.6. The van der Waals surface area contributed by atoms with Crippen molar-refractivity contribution >= 4 is 13.3 Å². The molecule has 2 nitrogen and oxygen atoms in total. The van der Waals surface area contributed by atoms with Gasteiger partial charge in [-0.1, -0.05) is 6.92 Å². The van der Waals surface area contributed by atoms with E-state index < -0.39 is 7.47 Å². The molecule has 0 amide bonds. The molecule has 0 aliphatic heterocycles. The number of carbonyl (C=O) groups is 1. The van der Waals surface area contributed by atoms with Gasteiger partial charge in [0.2, 0.25) is 0 Å². The van der Waals surface area contributed by atoms with Crippen molar-refractivity contribution in [2.75, 3.05) is 0 Å². The zero-order valence-electron chi connectivity index (χ0n) is 9.51. The first-order valence-electron chi connectivity index (χ1n) is 5.05. The molecule has 0 aromatic heterocycles. The molecule has 0 heterocycles. The Balaban J connectivity index is 3.21. The topological polar surface area (TPSA) is 26.3 Å². The number of hydrogen-bond acceptors (Lipinski definition) is 2.